The van der Waals surface area contributed by atoms with E-state index < -0.39 is 17.3 Å². The van der Waals surface area contributed by atoms with Crippen molar-refractivity contribution >= 4 is 17.8 Å². The van der Waals surface area contributed by atoms with Gasteiger partial charge in [0.1, 0.15) is 0 Å². The molecule has 6 heteroatoms. The first-order chi connectivity index (χ1) is 8.14. The third-order valence-corrected chi connectivity index (χ3v) is 2.41. The summed E-state index contributed by atoms with van der Waals surface area (Å²) in [6, 6.07) is 0. The average Bonchev–Trinajstić information content (AvgIpc) is 2.24. The Morgan fingerprint density at radius 2 is 1.72 bits per heavy atom. The van der Waals surface area contributed by atoms with E-state index in [1.807, 2.05) is 0 Å². The van der Waals surface area contributed by atoms with Crippen molar-refractivity contribution in [3.8, 4) is 0 Å². The standard InChI is InChI=1S/C12H22N2O4/c1-8(10(16)17)5-6-13-9(15)7-14-11(18)12(2,3)4/h8H,5-7H2,1-4H3,(H,13,15)(H,14,18)(H,16,17). The number of nitrogens with one attached hydrogen (secondary N) is 2. The number of amides is 2. The summed E-state index contributed by atoms with van der Waals surface area (Å²) in [6.07, 6.45) is 0.369. The summed E-state index contributed by atoms with van der Waals surface area (Å²) in [7, 11) is 0. The Hall–Kier alpha value is -1.59. The zero-order valence-corrected chi connectivity index (χ0v) is 11.4. The second kappa shape index (κ2) is 6.98. The van der Waals surface area contributed by atoms with Gasteiger partial charge in [-0.1, -0.05) is 27.7 Å². The van der Waals surface area contributed by atoms with Gasteiger partial charge >= 0.3 is 5.97 Å². The topological polar surface area (TPSA) is 95.5 Å². The van der Waals surface area contributed by atoms with E-state index in [1.54, 1.807) is 27.7 Å². The molecule has 0 aliphatic carbocycles. The van der Waals surface area contributed by atoms with Crippen LogP contribution in [0, 0.1) is 11.3 Å². The van der Waals surface area contributed by atoms with Crippen molar-refractivity contribution in [3.05, 3.63) is 0 Å². The molecule has 0 aromatic carbocycles. The Morgan fingerprint density at radius 1 is 1.17 bits per heavy atom. The predicted molar refractivity (Wildman–Crippen MR) is 66.9 cm³/mol. The second-order valence-electron chi connectivity index (χ2n) is 5.31. The molecule has 0 aromatic rings. The fraction of sp³-hybridized carbons (Fsp3) is 0.750. The average molecular weight is 258 g/mol. The maximum atomic E-state index is 11.5. The van der Waals surface area contributed by atoms with Crippen molar-refractivity contribution < 1.29 is 19.5 Å². The number of carbonyl (C=O) groups is 3. The summed E-state index contributed by atoms with van der Waals surface area (Å²) in [5.41, 5.74) is -0.530. The highest BCUT2D eigenvalue weighted by molar-refractivity contribution is 5.87. The van der Waals surface area contributed by atoms with Crippen LogP contribution in [0.3, 0.4) is 0 Å². The van der Waals surface area contributed by atoms with Crippen molar-refractivity contribution in [2.45, 2.75) is 34.1 Å². The summed E-state index contributed by atoms with van der Waals surface area (Å²) >= 11 is 0. The lowest BCUT2D eigenvalue weighted by molar-refractivity contribution is -0.141. The Balaban J connectivity index is 3.80. The summed E-state index contributed by atoms with van der Waals surface area (Å²) in [5.74, 6) is -1.89. The van der Waals surface area contributed by atoms with Crippen LogP contribution in [0.1, 0.15) is 34.1 Å². The molecule has 0 aliphatic heterocycles. The van der Waals surface area contributed by atoms with Gasteiger partial charge in [-0.25, -0.2) is 0 Å². The maximum absolute atomic E-state index is 11.5. The van der Waals surface area contributed by atoms with Gasteiger partial charge in [0.25, 0.3) is 0 Å². The third kappa shape index (κ3) is 6.88. The van der Waals surface area contributed by atoms with E-state index in [4.69, 9.17) is 5.11 Å². The highest BCUT2D eigenvalue weighted by atomic mass is 16.4. The molecular weight excluding hydrogens is 236 g/mol. The molecule has 1 atom stereocenters. The van der Waals surface area contributed by atoms with Crippen molar-refractivity contribution in [1.82, 2.24) is 10.6 Å². The molecule has 0 saturated heterocycles. The molecule has 6 nitrogen and oxygen atoms in total. The van der Waals surface area contributed by atoms with Crippen LogP contribution in [-0.2, 0) is 14.4 Å². The zero-order valence-electron chi connectivity index (χ0n) is 11.4. The molecule has 0 bridgehead atoms. The van der Waals surface area contributed by atoms with Crippen LogP contribution in [0.15, 0.2) is 0 Å². The molecular formula is C12H22N2O4. The van der Waals surface area contributed by atoms with E-state index in [-0.39, 0.29) is 24.9 Å². The molecule has 0 radical (unpaired) electrons. The van der Waals surface area contributed by atoms with Gasteiger partial charge in [-0.3, -0.25) is 14.4 Å². The van der Waals surface area contributed by atoms with Crippen molar-refractivity contribution in [3.63, 3.8) is 0 Å². The van der Waals surface area contributed by atoms with E-state index in [9.17, 15) is 14.4 Å². The number of hydrogen-bond donors (Lipinski definition) is 3. The Labute approximate surface area is 107 Å². The molecule has 3 N–H and O–H groups in total. The van der Waals surface area contributed by atoms with Crippen LogP contribution >= 0.6 is 0 Å². The smallest absolute Gasteiger partial charge is 0.306 e. The molecule has 0 aliphatic rings. The fourth-order valence-electron chi connectivity index (χ4n) is 1.04. The van der Waals surface area contributed by atoms with Crippen LogP contribution in [-0.4, -0.2) is 36.0 Å². The van der Waals surface area contributed by atoms with Gasteiger partial charge in [-0.2, -0.15) is 0 Å². The lowest BCUT2D eigenvalue weighted by atomic mass is 9.96. The lowest BCUT2D eigenvalue weighted by Crippen LogP contribution is -2.42. The quantitative estimate of drug-likeness (QED) is 0.641. The van der Waals surface area contributed by atoms with Gasteiger partial charge in [0, 0.05) is 12.0 Å². The van der Waals surface area contributed by atoms with Crippen LogP contribution in [0.5, 0.6) is 0 Å². The van der Waals surface area contributed by atoms with Crippen LogP contribution in [0.2, 0.25) is 0 Å². The Kier molecular flexibility index (Phi) is 6.36. The van der Waals surface area contributed by atoms with Crippen LogP contribution < -0.4 is 10.6 Å². The normalized spacial score (nSPS) is 12.7. The van der Waals surface area contributed by atoms with Gasteiger partial charge < -0.3 is 15.7 Å². The molecule has 1 unspecified atom stereocenters. The van der Waals surface area contributed by atoms with Gasteiger partial charge in [-0.15, -0.1) is 0 Å². The first-order valence-electron chi connectivity index (χ1n) is 5.92. The number of carbonyl (C=O) groups excluding carboxylic acids is 2. The van der Waals surface area contributed by atoms with E-state index in [0.717, 1.165) is 0 Å². The summed E-state index contributed by atoms with van der Waals surface area (Å²) < 4.78 is 0. The summed E-state index contributed by atoms with van der Waals surface area (Å²) in [4.78, 5) is 33.4. The SMILES string of the molecule is CC(CCNC(=O)CNC(=O)C(C)(C)C)C(=O)O. The van der Waals surface area contributed by atoms with Crippen LogP contribution in [0.25, 0.3) is 0 Å². The van der Waals surface area contributed by atoms with E-state index in [0.29, 0.717) is 6.42 Å². The van der Waals surface area contributed by atoms with Crippen molar-refractivity contribution in [2.75, 3.05) is 13.1 Å². The molecule has 0 rings (SSSR count). The second-order valence-corrected chi connectivity index (χ2v) is 5.31. The van der Waals surface area contributed by atoms with E-state index >= 15 is 0 Å². The highest BCUT2D eigenvalue weighted by Gasteiger charge is 2.21. The first kappa shape index (κ1) is 16.4. The van der Waals surface area contributed by atoms with Gasteiger partial charge in [-0.05, 0) is 6.42 Å². The maximum Gasteiger partial charge on any atom is 0.306 e. The van der Waals surface area contributed by atoms with E-state index in [2.05, 4.69) is 10.6 Å². The van der Waals surface area contributed by atoms with Gasteiger partial charge in [0.2, 0.25) is 11.8 Å². The number of hydrogen-bond acceptors (Lipinski definition) is 3. The number of rotatable bonds is 6. The largest absolute Gasteiger partial charge is 0.481 e. The molecule has 0 aromatic heterocycles. The van der Waals surface area contributed by atoms with Crippen molar-refractivity contribution in [1.29, 1.82) is 0 Å². The zero-order chi connectivity index (χ0) is 14.3. The van der Waals surface area contributed by atoms with Gasteiger partial charge in [0.15, 0.2) is 0 Å². The number of carboxylic acid groups (broad SMARTS) is 1. The molecule has 0 fully saturated rings. The Morgan fingerprint density at radius 3 is 2.17 bits per heavy atom. The summed E-state index contributed by atoms with van der Waals surface area (Å²) in [5, 5.41) is 13.7. The molecule has 18 heavy (non-hydrogen) atoms. The molecule has 0 saturated carbocycles. The highest BCUT2D eigenvalue weighted by Crippen LogP contribution is 2.11. The fourth-order valence-corrected chi connectivity index (χ4v) is 1.04. The molecule has 2 amide bonds. The minimum Gasteiger partial charge on any atom is -0.481 e. The molecule has 0 heterocycles. The first-order valence-corrected chi connectivity index (χ1v) is 5.92. The Bertz CT molecular complexity index is 321. The third-order valence-electron chi connectivity index (χ3n) is 2.41. The number of aliphatic carboxylic acids is 1. The summed E-state index contributed by atoms with van der Waals surface area (Å²) in [6.45, 7) is 7.06. The predicted octanol–water partition coefficient (Wildman–Crippen LogP) is 0.376. The minimum absolute atomic E-state index is 0.0858. The molecule has 104 valence electrons. The van der Waals surface area contributed by atoms with Gasteiger partial charge in [0.05, 0.1) is 12.5 Å². The number of carboxylic acids is 1. The molecule has 0 spiro atoms. The van der Waals surface area contributed by atoms with E-state index in [1.165, 1.54) is 0 Å². The van der Waals surface area contributed by atoms with Crippen molar-refractivity contribution in [2.24, 2.45) is 11.3 Å². The minimum atomic E-state index is -0.884. The monoisotopic (exact) mass is 258 g/mol. The van der Waals surface area contributed by atoms with Crippen LogP contribution in [0.4, 0.5) is 0 Å². The lowest BCUT2D eigenvalue weighted by Gasteiger charge is -2.17.